The summed E-state index contributed by atoms with van der Waals surface area (Å²) in [7, 11) is 5.52. The number of nitrogens with zero attached hydrogens (tertiary/aromatic N) is 2. The standard InChI is InChI=1S/C27H28N4O3/c1-30(2)20-13-11-17(12-14-20)22(29-19-8-6-7-18(28)15-19)16-24(32)25-26(33)21-9-4-5-10-23(21)31(3)27(25)34/h4-15,22,29,33H,16,28H2,1-3H3/t22-/m1/s1. The Morgan fingerprint density at radius 3 is 2.44 bits per heavy atom. The van der Waals surface area contributed by atoms with Gasteiger partial charge in [-0.25, -0.2) is 0 Å². The molecule has 7 nitrogen and oxygen atoms in total. The van der Waals surface area contributed by atoms with Crippen molar-refractivity contribution in [2.45, 2.75) is 12.5 Å². The molecule has 0 saturated heterocycles. The molecule has 4 rings (SSSR count). The number of carbonyl (C=O) groups excluding carboxylic acids is 1. The summed E-state index contributed by atoms with van der Waals surface area (Å²) in [5.41, 5.74) is 9.03. The summed E-state index contributed by atoms with van der Waals surface area (Å²) >= 11 is 0. The summed E-state index contributed by atoms with van der Waals surface area (Å²) in [6.07, 6.45) is -0.0305. The second kappa shape index (κ2) is 9.31. The normalized spacial score (nSPS) is 11.9. The number of ketones is 1. The van der Waals surface area contributed by atoms with Gasteiger partial charge in [0.2, 0.25) is 0 Å². The van der Waals surface area contributed by atoms with E-state index in [1.165, 1.54) is 4.57 Å². The lowest BCUT2D eigenvalue weighted by Gasteiger charge is -2.22. The summed E-state index contributed by atoms with van der Waals surface area (Å²) in [6.45, 7) is 0. The van der Waals surface area contributed by atoms with E-state index in [0.29, 0.717) is 16.6 Å². The zero-order valence-electron chi connectivity index (χ0n) is 19.4. The highest BCUT2D eigenvalue weighted by atomic mass is 16.3. The van der Waals surface area contributed by atoms with Gasteiger partial charge in [-0.15, -0.1) is 0 Å². The van der Waals surface area contributed by atoms with Crippen LogP contribution < -0.4 is 21.5 Å². The average Bonchev–Trinajstić information content (AvgIpc) is 2.82. The number of rotatable bonds is 7. The number of nitrogens with two attached hydrogens (primary N) is 1. The quantitative estimate of drug-likeness (QED) is 0.283. The number of benzene rings is 3. The van der Waals surface area contributed by atoms with Crippen molar-refractivity contribution in [1.82, 2.24) is 4.57 Å². The number of carbonyl (C=O) groups is 1. The van der Waals surface area contributed by atoms with Gasteiger partial charge in [0.25, 0.3) is 5.56 Å². The number of anilines is 3. The van der Waals surface area contributed by atoms with Crippen LogP contribution in [0.15, 0.2) is 77.6 Å². The number of pyridine rings is 1. The van der Waals surface area contributed by atoms with Crippen molar-refractivity contribution in [3.8, 4) is 5.75 Å². The molecule has 0 unspecified atom stereocenters. The largest absolute Gasteiger partial charge is 0.506 e. The number of aromatic nitrogens is 1. The second-order valence-electron chi connectivity index (χ2n) is 8.54. The lowest BCUT2D eigenvalue weighted by molar-refractivity contribution is 0.0972. The van der Waals surface area contributed by atoms with Crippen LogP contribution in [0.2, 0.25) is 0 Å². The van der Waals surface area contributed by atoms with Crippen LogP contribution in [0.3, 0.4) is 0 Å². The molecule has 1 aromatic heterocycles. The summed E-state index contributed by atoms with van der Waals surface area (Å²) in [5, 5.41) is 14.7. The molecule has 7 heteroatoms. The molecular formula is C27H28N4O3. The van der Waals surface area contributed by atoms with Crippen molar-refractivity contribution >= 4 is 33.7 Å². The van der Waals surface area contributed by atoms with Gasteiger partial charge in [0.15, 0.2) is 5.78 Å². The van der Waals surface area contributed by atoms with E-state index < -0.39 is 17.4 Å². The first-order valence-electron chi connectivity index (χ1n) is 11.0. The zero-order chi connectivity index (χ0) is 24.4. The van der Waals surface area contributed by atoms with E-state index in [4.69, 9.17) is 5.73 Å². The first-order chi connectivity index (χ1) is 16.3. The summed E-state index contributed by atoms with van der Waals surface area (Å²) in [4.78, 5) is 28.5. The lowest BCUT2D eigenvalue weighted by Crippen LogP contribution is -2.26. The molecule has 0 radical (unpaired) electrons. The Kier molecular flexibility index (Phi) is 6.27. The highest BCUT2D eigenvalue weighted by Gasteiger charge is 2.25. The van der Waals surface area contributed by atoms with Crippen LogP contribution in [0.4, 0.5) is 17.1 Å². The molecule has 0 aliphatic rings. The Labute approximate surface area is 198 Å². The van der Waals surface area contributed by atoms with Crippen molar-refractivity contribution < 1.29 is 9.90 Å². The van der Waals surface area contributed by atoms with E-state index in [2.05, 4.69) is 5.32 Å². The van der Waals surface area contributed by atoms with Crippen LogP contribution >= 0.6 is 0 Å². The topological polar surface area (TPSA) is 101 Å². The Morgan fingerprint density at radius 2 is 1.76 bits per heavy atom. The first-order valence-corrected chi connectivity index (χ1v) is 11.0. The summed E-state index contributed by atoms with van der Waals surface area (Å²) < 4.78 is 1.40. The molecule has 0 amide bonds. The zero-order valence-corrected chi connectivity index (χ0v) is 19.4. The fourth-order valence-electron chi connectivity index (χ4n) is 4.10. The van der Waals surface area contributed by atoms with Gasteiger partial charge in [0.05, 0.1) is 11.6 Å². The van der Waals surface area contributed by atoms with Crippen LogP contribution in [-0.4, -0.2) is 29.6 Å². The minimum absolute atomic E-state index is 0.0305. The number of hydrogen-bond donors (Lipinski definition) is 3. The molecule has 3 aromatic carbocycles. The minimum atomic E-state index is -0.521. The van der Waals surface area contributed by atoms with E-state index in [1.54, 1.807) is 43.4 Å². The Morgan fingerprint density at radius 1 is 1.06 bits per heavy atom. The molecule has 0 spiro atoms. The van der Waals surface area contributed by atoms with E-state index in [9.17, 15) is 14.7 Å². The first kappa shape index (κ1) is 22.9. The molecule has 1 heterocycles. The maximum absolute atomic E-state index is 13.5. The Hall–Kier alpha value is -4.26. The van der Waals surface area contributed by atoms with Gasteiger partial charge in [-0.05, 0) is 48.0 Å². The number of aromatic hydroxyl groups is 1. The molecule has 0 aliphatic heterocycles. The molecule has 0 bridgehead atoms. The maximum Gasteiger partial charge on any atom is 0.265 e. The van der Waals surface area contributed by atoms with Gasteiger partial charge < -0.3 is 25.6 Å². The van der Waals surface area contributed by atoms with E-state index in [0.717, 1.165) is 16.9 Å². The molecule has 4 aromatic rings. The molecule has 4 N–H and O–H groups in total. The van der Waals surface area contributed by atoms with Gasteiger partial charge >= 0.3 is 0 Å². The molecule has 174 valence electrons. The molecule has 0 fully saturated rings. The molecular weight excluding hydrogens is 428 g/mol. The predicted molar refractivity (Wildman–Crippen MR) is 138 cm³/mol. The van der Waals surface area contributed by atoms with Crippen molar-refractivity contribution in [3.05, 3.63) is 94.3 Å². The van der Waals surface area contributed by atoms with Gasteiger partial charge in [-0.1, -0.05) is 30.3 Å². The summed E-state index contributed by atoms with van der Waals surface area (Å²) in [6, 6.07) is 21.7. The lowest BCUT2D eigenvalue weighted by atomic mass is 9.96. The monoisotopic (exact) mass is 456 g/mol. The highest BCUT2D eigenvalue weighted by molar-refractivity contribution is 6.03. The summed E-state index contributed by atoms with van der Waals surface area (Å²) in [5.74, 6) is -0.726. The number of fused-ring (bicyclic) bond motifs is 1. The second-order valence-corrected chi connectivity index (χ2v) is 8.54. The SMILES string of the molecule is CN(C)c1ccc([C@@H](CC(=O)c2c(O)c3ccccc3n(C)c2=O)Nc2cccc(N)c2)cc1. The van der Waals surface area contributed by atoms with Crippen LogP contribution in [0.25, 0.3) is 10.9 Å². The van der Waals surface area contributed by atoms with Crippen LogP contribution in [-0.2, 0) is 7.05 Å². The third-order valence-corrected chi connectivity index (χ3v) is 5.98. The molecule has 34 heavy (non-hydrogen) atoms. The van der Waals surface area contributed by atoms with Crippen LogP contribution in [0.5, 0.6) is 5.75 Å². The minimum Gasteiger partial charge on any atom is -0.506 e. The molecule has 0 saturated carbocycles. The van der Waals surface area contributed by atoms with Crippen molar-refractivity contribution in [3.63, 3.8) is 0 Å². The Balaban J connectivity index is 1.74. The average molecular weight is 457 g/mol. The van der Waals surface area contributed by atoms with Crippen molar-refractivity contribution in [2.75, 3.05) is 30.0 Å². The number of nitrogen functional groups attached to an aromatic ring is 1. The third-order valence-electron chi connectivity index (χ3n) is 5.98. The van der Waals surface area contributed by atoms with Crippen LogP contribution in [0, 0.1) is 0 Å². The molecule has 1 atom stereocenters. The predicted octanol–water partition coefficient (Wildman–Crippen LogP) is 4.32. The number of hydrogen-bond acceptors (Lipinski definition) is 6. The Bertz CT molecular complexity index is 1410. The maximum atomic E-state index is 13.5. The van der Waals surface area contributed by atoms with Gasteiger partial charge in [-0.2, -0.15) is 0 Å². The third kappa shape index (κ3) is 4.45. The van der Waals surface area contributed by atoms with Gasteiger partial charge in [0.1, 0.15) is 11.3 Å². The van der Waals surface area contributed by atoms with Gasteiger partial charge in [-0.3, -0.25) is 9.59 Å². The number of Topliss-reactive ketones (excluding diaryl/α,β-unsaturated/α-hetero) is 1. The smallest absolute Gasteiger partial charge is 0.265 e. The number of nitrogens with one attached hydrogen (secondary N) is 1. The van der Waals surface area contributed by atoms with Crippen LogP contribution in [0.1, 0.15) is 28.4 Å². The van der Waals surface area contributed by atoms with Gasteiger partial charge in [0, 0.05) is 50.0 Å². The van der Waals surface area contributed by atoms with Crippen molar-refractivity contribution in [2.24, 2.45) is 7.05 Å². The van der Waals surface area contributed by atoms with E-state index >= 15 is 0 Å². The fraction of sp³-hybridized carbons (Fsp3) is 0.185. The van der Waals surface area contributed by atoms with E-state index in [-0.39, 0.29) is 17.7 Å². The molecule has 0 aliphatic carbocycles. The highest BCUT2D eigenvalue weighted by Crippen LogP contribution is 2.30. The number of para-hydroxylation sites is 1. The fourth-order valence-corrected chi connectivity index (χ4v) is 4.10. The number of aryl methyl sites for hydroxylation is 1. The van der Waals surface area contributed by atoms with E-state index in [1.807, 2.05) is 55.4 Å². The van der Waals surface area contributed by atoms with Crippen molar-refractivity contribution in [1.29, 1.82) is 0 Å².